The summed E-state index contributed by atoms with van der Waals surface area (Å²) in [5, 5.41) is 10.1. The first-order valence-corrected chi connectivity index (χ1v) is 7.10. The fraction of sp³-hybridized carbons (Fsp3) is 0.500. The lowest BCUT2D eigenvalue weighted by molar-refractivity contribution is 0.207. The van der Waals surface area contributed by atoms with Crippen molar-refractivity contribution in [2.45, 2.75) is 36.3 Å². The summed E-state index contributed by atoms with van der Waals surface area (Å²) in [6.45, 7) is 4.46. The van der Waals surface area contributed by atoms with Crippen molar-refractivity contribution in [2.75, 3.05) is 0 Å². The zero-order valence-electron chi connectivity index (χ0n) is 10.1. The molecule has 0 aliphatic heterocycles. The number of nitrogens with zero attached hydrogens (tertiary/aromatic N) is 1. The van der Waals surface area contributed by atoms with Gasteiger partial charge in [-0.05, 0) is 36.8 Å². The molecule has 1 aromatic carbocycles. The number of hydrogen-bond acceptors (Lipinski definition) is 2. The summed E-state index contributed by atoms with van der Waals surface area (Å²) in [5.41, 5.74) is 0. The molecule has 0 atom stereocenters. The largest absolute Gasteiger partial charge is 0.197 e. The van der Waals surface area contributed by atoms with E-state index >= 15 is 0 Å². The minimum absolute atomic E-state index is 0.250. The van der Waals surface area contributed by atoms with Gasteiger partial charge in [-0.2, -0.15) is 5.26 Å². The Morgan fingerprint density at radius 3 is 2.59 bits per heavy atom. The highest BCUT2D eigenvalue weighted by molar-refractivity contribution is 8.01. The van der Waals surface area contributed by atoms with Gasteiger partial charge >= 0.3 is 0 Å². The Hall–Kier alpha value is -0.650. The summed E-state index contributed by atoms with van der Waals surface area (Å²) in [5.74, 6) is 1.35. The molecular formula is C14H16ClNS. The fourth-order valence-electron chi connectivity index (χ4n) is 2.19. The van der Waals surface area contributed by atoms with Crippen LogP contribution in [0.15, 0.2) is 29.2 Å². The third-order valence-electron chi connectivity index (χ3n) is 3.47. The van der Waals surface area contributed by atoms with Crippen LogP contribution in [-0.2, 0) is 0 Å². The van der Waals surface area contributed by atoms with Crippen molar-refractivity contribution in [1.29, 1.82) is 5.26 Å². The van der Waals surface area contributed by atoms with Gasteiger partial charge in [-0.25, -0.2) is 0 Å². The molecule has 1 aromatic rings. The maximum Gasteiger partial charge on any atom is 0.108 e. The number of halogens is 1. The van der Waals surface area contributed by atoms with Gasteiger partial charge in [0.15, 0.2) is 0 Å². The predicted octanol–water partition coefficient (Wildman–Crippen LogP) is 4.76. The summed E-state index contributed by atoms with van der Waals surface area (Å²) in [4.78, 5) is 1.03. The van der Waals surface area contributed by atoms with Crippen LogP contribution in [0.1, 0.15) is 26.7 Å². The number of benzene rings is 1. The van der Waals surface area contributed by atoms with Gasteiger partial charge in [-0.3, -0.25) is 0 Å². The third-order valence-corrected chi connectivity index (χ3v) is 5.31. The normalized spacial score (nSPS) is 27.6. The maximum absolute atomic E-state index is 9.37. The van der Waals surface area contributed by atoms with E-state index in [0.29, 0.717) is 11.8 Å². The molecule has 17 heavy (non-hydrogen) atoms. The second-order valence-corrected chi connectivity index (χ2v) is 6.88. The summed E-state index contributed by atoms with van der Waals surface area (Å²) in [7, 11) is 0. The Morgan fingerprint density at radius 2 is 2.06 bits per heavy atom. The average molecular weight is 266 g/mol. The molecule has 0 spiro atoms. The van der Waals surface area contributed by atoms with Crippen LogP contribution >= 0.6 is 23.4 Å². The smallest absolute Gasteiger partial charge is 0.108 e. The summed E-state index contributed by atoms with van der Waals surface area (Å²) >= 11 is 7.77. The van der Waals surface area contributed by atoms with E-state index in [4.69, 9.17) is 11.6 Å². The molecule has 90 valence electrons. The van der Waals surface area contributed by atoms with Crippen LogP contribution in [0.3, 0.4) is 0 Å². The monoisotopic (exact) mass is 265 g/mol. The Kier molecular flexibility index (Phi) is 3.70. The van der Waals surface area contributed by atoms with Crippen molar-refractivity contribution in [1.82, 2.24) is 0 Å². The second-order valence-electron chi connectivity index (χ2n) is 5.05. The zero-order chi connectivity index (χ0) is 12.5. The molecule has 0 unspecified atom stereocenters. The Morgan fingerprint density at radius 1 is 1.41 bits per heavy atom. The first-order chi connectivity index (χ1) is 8.06. The van der Waals surface area contributed by atoms with E-state index in [9.17, 15) is 5.26 Å². The van der Waals surface area contributed by atoms with Gasteiger partial charge in [-0.15, -0.1) is 11.8 Å². The highest BCUT2D eigenvalue weighted by Gasteiger charge is 2.46. The summed E-state index contributed by atoms with van der Waals surface area (Å²) in [6.07, 6.45) is 1.97. The number of hydrogen-bond donors (Lipinski definition) is 0. The Bertz CT molecular complexity index is 444. The van der Waals surface area contributed by atoms with E-state index in [1.165, 1.54) is 0 Å². The third kappa shape index (κ3) is 2.61. The topological polar surface area (TPSA) is 23.8 Å². The minimum atomic E-state index is -0.250. The van der Waals surface area contributed by atoms with Crippen molar-refractivity contribution in [3.05, 3.63) is 29.3 Å². The lowest BCUT2D eigenvalue weighted by Gasteiger charge is -2.44. The van der Waals surface area contributed by atoms with Gasteiger partial charge < -0.3 is 0 Å². The number of rotatable bonds is 3. The number of thioether (sulfide) groups is 1. The van der Waals surface area contributed by atoms with Gasteiger partial charge in [0, 0.05) is 4.90 Å². The molecule has 2 rings (SSSR count). The molecule has 1 nitrogen and oxygen atoms in total. The minimum Gasteiger partial charge on any atom is -0.197 e. The van der Waals surface area contributed by atoms with Crippen LogP contribution in [0, 0.1) is 23.2 Å². The lowest BCUT2D eigenvalue weighted by atomic mass is 9.69. The molecule has 0 amide bonds. The fourth-order valence-corrected chi connectivity index (χ4v) is 3.82. The molecule has 0 aromatic heterocycles. The highest BCUT2D eigenvalue weighted by Crippen LogP contribution is 2.53. The molecule has 1 fully saturated rings. The standard InChI is InChI=1S/C14H16ClNS/c1-10(2)11-7-14(8-11,9-16)17-13-6-4-3-5-12(13)15/h3-6,10-11H,7-8H2,1-2H3. The quantitative estimate of drug-likeness (QED) is 0.787. The molecule has 3 heteroatoms. The summed E-state index contributed by atoms with van der Waals surface area (Å²) < 4.78 is -0.250. The molecule has 0 bridgehead atoms. The first-order valence-electron chi connectivity index (χ1n) is 5.91. The van der Waals surface area contributed by atoms with E-state index in [-0.39, 0.29) is 4.75 Å². The zero-order valence-corrected chi connectivity index (χ0v) is 11.7. The van der Waals surface area contributed by atoms with Crippen LogP contribution in [0.25, 0.3) is 0 Å². The van der Waals surface area contributed by atoms with Crippen LogP contribution in [0.2, 0.25) is 5.02 Å². The van der Waals surface area contributed by atoms with Crippen LogP contribution in [0.5, 0.6) is 0 Å². The van der Waals surface area contributed by atoms with Crippen LogP contribution < -0.4 is 0 Å². The SMILES string of the molecule is CC(C)C1CC(C#N)(Sc2ccccc2Cl)C1. The lowest BCUT2D eigenvalue weighted by Crippen LogP contribution is -2.41. The van der Waals surface area contributed by atoms with E-state index in [1.54, 1.807) is 11.8 Å². The van der Waals surface area contributed by atoms with E-state index < -0.39 is 0 Å². The highest BCUT2D eigenvalue weighted by atomic mass is 35.5. The molecule has 1 saturated carbocycles. The molecule has 0 saturated heterocycles. The molecular weight excluding hydrogens is 250 g/mol. The molecule has 0 radical (unpaired) electrons. The van der Waals surface area contributed by atoms with Crippen molar-refractivity contribution >= 4 is 23.4 Å². The number of nitriles is 1. The summed E-state index contributed by atoms with van der Waals surface area (Å²) in [6, 6.07) is 10.2. The first kappa shape index (κ1) is 12.8. The van der Waals surface area contributed by atoms with E-state index in [0.717, 1.165) is 22.8 Å². The van der Waals surface area contributed by atoms with E-state index in [1.807, 2.05) is 24.3 Å². The van der Waals surface area contributed by atoms with Gasteiger partial charge in [0.05, 0.1) is 11.1 Å². The van der Waals surface area contributed by atoms with Gasteiger partial charge in [0.25, 0.3) is 0 Å². The van der Waals surface area contributed by atoms with Crippen molar-refractivity contribution in [2.24, 2.45) is 11.8 Å². The second kappa shape index (κ2) is 4.92. The van der Waals surface area contributed by atoms with Crippen molar-refractivity contribution in [3.8, 4) is 6.07 Å². The predicted molar refractivity (Wildman–Crippen MR) is 73.2 cm³/mol. The Labute approximate surface area is 112 Å². The Balaban J connectivity index is 2.09. The maximum atomic E-state index is 9.37. The van der Waals surface area contributed by atoms with Gasteiger partial charge in [0.1, 0.15) is 4.75 Å². The van der Waals surface area contributed by atoms with Crippen LogP contribution in [0.4, 0.5) is 0 Å². The van der Waals surface area contributed by atoms with Crippen molar-refractivity contribution < 1.29 is 0 Å². The van der Waals surface area contributed by atoms with Crippen molar-refractivity contribution in [3.63, 3.8) is 0 Å². The van der Waals surface area contributed by atoms with E-state index in [2.05, 4.69) is 19.9 Å². The molecule has 0 N–H and O–H groups in total. The van der Waals surface area contributed by atoms with Gasteiger partial charge in [-0.1, -0.05) is 37.6 Å². The molecule has 1 aliphatic rings. The van der Waals surface area contributed by atoms with Gasteiger partial charge in [0.2, 0.25) is 0 Å². The average Bonchev–Trinajstić information content (AvgIpc) is 2.25. The molecule has 1 aliphatic carbocycles. The molecule has 0 heterocycles. The van der Waals surface area contributed by atoms with Crippen LogP contribution in [-0.4, -0.2) is 4.75 Å².